The Balaban J connectivity index is 1.60. The molecule has 1 atom stereocenters. The van der Waals surface area contributed by atoms with Crippen molar-refractivity contribution in [3.63, 3.8) is 0 Å². The predicted molar refractivity (Wildman–Crippen MR) is 150 cm³/mol. The molecule has 2 amide bonds. The molecule has 1 N–H and O–H groups in total. The van der Waals surface area contributed by atoms with Crippen molar-refractivity contribution in [1.82, 2.24) is 10.2 Å². The summed E-state index contributed by atoms with van der Waals surface area (Å²) in [5, 5.41) is 3.88. The summed E-state index contributed by atoms with van der Waals surface area (Å²) in [5.41, 5.74) is 2.73. The Kier molecular flexibility index (Phi) is 9.53. The molecule has 0 saturated carbocycles. The topological polar surface area (TPSA) is 67.9 Å². The second-order valence-electron chi connectivity index (χ2n) is 9.80. The third-order valence-corrected chi connectivity index (χ3v) is 7.10. The van der Waals surface area contributed by atoms with Crippen LogP contribution in [0.2, 0.25) is 10.0 Å². The molecule has 1 heterocycles. The van der Waals surface area contributed by atoms with Crippen molar-refractivity contribution in [1.29, 1.82) is 0 Å². The summed E-state index contributed by atoms with van der Waals surface area (Å²) in [5.74, 6) is 1.35. The van der Waals surface area contributed by atoms with Gasteiger partial charge < -0.3 is 19.7 Å². The molecule has 0 aromatic heterocycles. The van der Waals surface area contributed by atoms with Crippen LogP contribution in [0.3, 0.4) is 0 Å². The lowest BCUT2D eigenvalue weighted by molar-refractivity contribution is -0.141. The average Bonchev–Trinajstić information content (AvgIpc) is 3.38. The summed E-state index contributed by atoms with van der Waals surface area (Å²) in [6.07, 6.45) is 1.12. The first-order valence-corrected chi connectivity index (χ1v) is 13.5. The van der Waals surface area contributed by atoms with Crippen molar-refractivity contribution in [2.45, 2.75) is 45.7 Å². The number of rotatable bonds is 11. The highest BCUT2D eigenvalue weighted by Gasteiger charge is 2.30. The van der Waals surface area contributed by atoms with Gasteiger partial charge in [-0.3, -0.25) is 9.59 Å². The molecule has 1 aliphatic heterocycles. The Bertz CT molecular complexity index is 1270. The second kappa shape index (κ2) is 13.0. The van der Waals surface area contributed by atoms with Gasteiger partial charge in [0.15, 0.2) is 11.5 Å². The third-order valence-electron chi connectivity index (χ3n) is 6.36. The molecule has 0 spiro atoms. The van der Waals surface area contributed by atoms with Crippen LogP contribution in [0.15, 0.2) is 66.7 Å². The van der Waals surface area contributed by atoms with Crippen molar-refractivity contribution in [3.8, 4) is 11.5 Å². The Morgan fingerprint density at radius 1 is 0.895 bits per heavy atom. The zero-order valence-electron chi connectivity index (χ0n) is 21.6. The van der Waals surface area contributed by atoms with Gasteiger partial charge in [0.25, 0.3) is 0 Å². The van der Waals surface area contributed by atoms with Crippen molar-refractivity contribution in [2.75, 3.05) is 13.3 Å². The fourth-order valence-electron chi connectivity index (χ4n) is 4.30. The number of hydrogen-bond donors (Lipinski definition) is 1. The number of carbonyl (C=O) groups is 2. The lowest BCUT2D eigenvalue weighted by atomic mass is 10.0. The number of ether oxygens (including phenoxy) is 2. The summed E-state index contributed by atoms with van der Waals surface area (Å²) < 4.78 is 10.9. The largest absolute Gasteiger partial charge is 0.454 e. The molecule has 0 fully saturated rings. The van der Waals surface area contributed by atoms with Gasteiger partial charge in [-0.2, -0.15) is 0 Å². The molecule has 4 rings (SSSR count). The molecule has 1 unspecified atom stereocenters. The lowest BCUT2D eigenvalue weighted by Crippen LogP contribution is -2.51. The summed E-state index contributed by atoms with van der Waals surface area (Å²) in [4.78, 5) is 29.0. The number of aryl methyl sites for hydroxylation is 1. The molecule has 1 aliphatic rings. The molecule has 0 aliphatic carbocycles. The molecule has 3 aromatic carbocycles. The first kappa shape index (κ1) is 27.8. The fourth-order valence-corrected chi connectivity index (χ4v) is 4.62. The monoisotopic (exact) mass is 554 g/mol. The van der Waals surface area contributed by atoms with Crippen LogP contribution in [-0.2, 0) is 29.0 Å². The number of nitrogens with zero attached hydrogens (tertiary/aromatic N) is 1. The van der Waals surface area contributed by atoms with E-state index in [2.05, 4.69) is 5.32 Å². The summed E-state index contributed by atoms with van der Waals surface area (Å²) >= 11 is 12.4. The van der Waals surface area contributed by atoms with E-state index in [0.717, 1.165) is 16.7 Å². The van der Waals surface area contributed by atoms with Crippen molar-refractivity contribution >= 4 is 35.0 Å². The standard InChI is InChI=1S/C30H32Cl2N2O4/c1-20(2)17-33-30(36)26(15-21-6-4-3-5-7-21)34(18-23-8-11-24(31)25(32)14-23)29(35)13-10-22-9-12-27-28(16-22)38-19-37-27/h3-9,11-12,14,16,20,26H,10,13,15,17-19H2,1-2H3,(H,33,36). The van der Waals surface area contributed by atoms with Crippen molar-refractivity contribution in [3.05, 3.63) is 93.5 Å². The minimum atomic E-state index is -0.699. The van der Waals surface area contributed by atoms with E-state index in [4.69, 9.17) is 32.7 Å². The van der Waals surface area contributed by atoms with Gasteiger partial charge in [0.2, 0.25) is 18.6 Å². The van der Waals surface area contributed by atoms with Gasteiger partial charge in [-0.15, -0.1) is 0 Å². The van der Waals surface area contributed by atoms with E-state index in [1.54, 1.807) is 17.0 Å². The van der Waals surface area contributed by atoms with Gasteiger partial charge in [-0.05, 0) is 53.3 Å². The van der Waals surface area contributed by atoms with Gasteiger partial charge in [0, 0.05) is 25.9 Å². The van der Waals surface area contributed by atoms with E-state index in [1.807, 2.05) is 68.4 Å². The number of nitrogens with one attached hydrogen (secondary N) is 1. The van der Waals surface area contributed by atoms with Gasteiger partial charge in [0.1, 0.15) is 6.04 Å². The number of carbonyl (C=O) groups excluding carboxylic acids is 2. The number of halogens is 2. The van der Waals surface area contributed by atoms with Crippen LogP contribution in [0.25, 0.3) is 0 Å². The highest BCUT2D eigenvalue weighted by Crippen LogP contribution is 2.33. The van der Waals surface area contributed by atoms with Crippen LogP contribution in [0.4, 0.5) is 0 Å². The van der Waals surface area contributed by atoms with E-state index < -0.39 is 6.04 Å². The molecule has 0 radical (unpaired) electrons. The maximum Gasteiger partial charge on any atom is 0.243 e. The molecular weight excluding hydrogens is 523 g/mol. The number of benzene rings is 3. The van der Waals surface area contributed by atoms with E-state index in [-0.39, 0.29) is 37.5 Å². The maximum absolute atomic E-state index is 13.8. The van der Waals surface area contributed by atoms with Crippen LogP contribution in [0.5, 0.6) is 11.5 Å². The van der Waals surface area contributed by atoms with Crippen molar-refractivity contribution < 1.29 is 19.1 Å². The van der Waals surface area contributed by atoms with E-state index >= 15 is 0 Å². The Hall–Kier alpha value is -3.22. The number of fused-ring (bicyclic) bond motifs is 1. The highest BCUT2D eigenvalue weighted by molar-refractivity contribution is 6.42. The van der Waals surface area contributed by atoms with Crippen LogP contribution in [0, 0.1) is 5.92 Å². The first-order valence-electron chi connectivity index (χ1n) is 12.7. The lowest BCUT2D eigenvalue weighted by Gasteiger charge is -2.32. The Labute approximate surface area is 233 Å². The summed E-state index contributed by atoms with van der Waals surface area (Å²) in [7, 11) is 0. The maximum atomic E-state index is 13.8. The van der Waals surface area contributed by atoms with Crippen LogP contribution < -0.4 is 14.8 Å². The highest BCUT2D eigenvalue weighted by atomic mass is 35.5. The Morgan fingerprint density at radius 3 is 2.37 bits per heavy atom. The Morgan fingerprint density at radius 2 is 1.63 bits per heavy atom. The minimum Gasteiger partial charge on any atom is -0.454 e. The van der Waals surface area contributed by atoms with Crippen LogP contribution in [-0.4, -0.2) is 36.1 Å². The normalized spacial score (nSPS) is 12.9. The molecule has 38 heavy (non-hydrogen) atoms. The first-order chi connectivity index (χ1) is 18.3. The second-order valence-corrected chi connectivity index (χ2v) is 10.6. The molecule has 0 saturated heterocycles. The zero-order chi connectivity index (χ0) is 27.1. The molecule has 3 aromatic rings. The zero-order valence-corrected chi connectivity index (χ0v) is 23.1. The smallest absolute Gasteiger partial charge is 0.243 e. The molecular formula is C30H32Cl2N2O4. The average molecular weight is 556 g/mol. The SMILES string of the molecule is CC(C)CNC(=O)C(Cc1ccccc1)N(Cc1ccc(Cl)c(Cl)c1)C(=O)CCc1ccc2c(c1)OCO2. The quantitative estimate of drug-likeness (QED) is 0.312. The molecule has 0 bridgehead atoms. The fraction of sp³-hybridized carbons (Fsp3) is 0.333. The van der Waals surface area contributed by atoms with Gasteiger partial charge in [0.05, 0.1) is 10.0 Å². The number of amides is 2. The van der Waals surface area contributed by atoms with Gasteiger partial charge in [-0.1, -0.05) is 79.5 Å². The van der Waals surface area contributed by atoms with Gasteiger partial charge in [-0.25, -0.2) is 0 Å². The minimum absolute atomic E-state index is 0.130. The van der Waals surface area contributed by atoms with Crippen LogP contribution in [0.1, 0.15) is 37.0 Å². The summed E-state index contributed by atoms with van der Waals surface area (Å²) in [6, 6.07) is 20.0. The molecule has 8 heteroatoms. The summed E-state index contributed by atoms with van der Waals surface area (Å²) in [6.45, 7) is 5.02. The molecule has 200 valence electrons. The van der Waals surface area contributed by atoms with E-state index in [9.17, 15) is 9.59 Å². The van der Waals surface area contributed by atoms with E-state index in [0.29, 0.717) is 40.9 Å². The van der Waals surface area contributed by atoms with Crippen molar-refractivity contribution in [2.24, 2.45) is 5.92 Å². The van der Waals surface area contributed by atoms with Crippen LogP contribution >= 0.6 is 23.2 Å². The molecule has 6 nitrogen and oxygen atoms in total. The third kappa shape index (κ3) is 7.42. The van der Waals surface area contributed by atoms with E-state index in [1.165, 1.54) is 0 Å². The predicted octanol–water partition coefficient (Wildman–Crippen LogP) is 6.07. The van der Waals surface area contributed by atoms with Gasteiger partial charge >= 0.3 is 0 Å². The number of hydrogen-bond acceptors (Lipinski definition) is 4.